The van der Waals surface area contributed by atoms with Gasteiger partial charge in [-0.15, -0.1) is 0 Å². The lowest BCUT2D eigenvalue weighted by molar-refractivity contribution is -0.121. The molecule has 1 N–H and O–H groups in total. The maximum Gasteiger partial charge on any atom is 0.324 e. The molecule has 0 spiro atoms. The highest BCUT2D eigenvalue weighted by molar-refractivity contribution is 6.04. The Morgan fingerprint density at radius 3 is 2.09 bits per heavy atom. The van der Waals surface area contributed by atoms with Crippen molar-refractivity contribution in [3.63, 3.8) is 0 Å². The van der Waals surface area contributed by atoms with E-state index in [4.69, 9.17) is 0 Å². The molecule has 0 aliphatic carbocycles. The van der Waals surface area contributed by atoms with Crippen LogP contribution in [0.25, 0.3) is 0 Å². The average molecular weight is 294 g/mol. The molecule has 22 heavy (non-hydrogen) atoms. The number of nitrogens with one attached hydrogen (secondary N) is 1. The molecule has 0 bridgehead atoms. The molecule has 1 saturated heterocycles. The summed E-state index contributed by atoms with van der Waals surface area (Å²) in [6.07, 6.45) is 1.29. The highest BCUT2D eigenvalue weighted by Gasteiger charge is 2.37. The number of hydrogen-bond donors (Lipinski definition) is 1. The highest BCUT2D eigenvalue weighted by Crippen LogP contribution is 2.15. The zero-order chi connectivity index (χ0) is 15.4. The van der Waals surface area contributed by atoms with Gasteiger partial charge in [0.05, 0.1) is 0 Å². The smallest absolute Gasteiger partial charge is 0.312 e. The number of rotatable bonds is 5. The Morgan fingerprint density at radius 1 is 0.864 bits per heavy atom. The minimum Gasteiger partial charge on any atom is -0.312 e. The van der Waals surface area contributed by atoms with E-state index in [2.05, 4.69) is 5.32 Å². The molecule has 2 aromatic carbocycles. The maximum atomic E-state index is 12.0. The standard InChI is InChI=1S/C18H18N2O2/c21-17-16(13-15-9-5-2-6-10-15)20(18(22)19-17)12-11-14-7-3-1-4-8-14/h1-10,16H,11-13H2,(H,19,21,22)/t16-/m1/s1. The van der Waals surface area contributed by atoms with Gasteiger partial charge >= 0.3 is 6.03 Å². The van der Waals surface area contributed by atoms with Gasteiger partial charge in [0.25, 0.3) is 5.91 Å². The van der Waals surface area contributed by atoms with Crippen molar-refractivity contribution in [2.45, 2.75) is 18.9 Å². The molecule has 1 aliphatic rings. The van der Waals surface area contributed by atoms with E-state index in [-0.39, 0.29) is 11.9 Å². The Morgan fingerprint density at radius 2 is 1.45 bits per heavy atom. The third-order valence-corrected chi connectivity index (χ3v) is 3.93. The first kappa shape index (κ1) is 14.3. The van der Waals surface area contributed by atoms with Crippen LogP contribution in [0.2, 0.25) is 0 Å². The minimum atomic E-state index is -0.418. The lowest BCUT2D eigenvalue weighted by Gasteiger charge is -2.21. The lowest BCUT2D eigenvalue weighted by atomic mass is 10.0. The third kappa shape index (κ3) is 3.17. The fourth-order valence-electron chi connectivity index (χ4n) is 2.74. The van der Waals surface area contributed by atoms with E-state index in [0.717, 1.165) is 17.5 Å². The molecule has 1 atom stereocenters. The van der Waals surface area contributed by atoms with Crippen LogP contribution in [0.4, 0.5) is 4.79 Å². The fraction of sp³-hybridized carbons (Fsp3) is 0.222. The molecule has 4 nitrogen and oxygen atoms in total. The molecular formula is C18H18N2O2. The van der Waals surface area contributed by atoms with Crippen LogP contribution < -0.4 is 5.32 Å². The van der Waals surface area contributed by atoms with Crippen molar-refractivity contribution in [1.29, 1.82) is 0 Å². The number of amides is 3. The van der Waals surface area contributed by atoms with Crippen molar-refractivity contribution in [2.24, 2.45) is 0 Å². The van der Waals surface area contributed by atoms with E-state index < -0.39 is 6.04 Å². The van der Waals surface area contributed by atoms with Gasteiger partial charge in [0.1, 0.15) is 6.04 Å². The van der Waals surface area contributed by atoms with Crippen LogP contribution in [0.3, 0.4) is 0 Å². The van der Waals surface area contributed by atoms with Gasteiger partial charge in [-0.05, 0) is 17.5 Å². The first-order chi connectivity index (χ1) is 10.7. The maximum absolute atomic E-state index is 12.0. The zero-order valence-electron chi connectivity index (χ0n) is 12.2. The van der Waals surface area contributed by atoms with Crippen molar-refractivity contribution >= 4 is 11.9 Å². The zero-order valence-corrected chi connectivity index (χ0v) is 12.2. The Labute approximate surface area is 129 Å². The summed E-state index contributed by atoms with van der Waals surface area (Å²) in [6, 6.07) is 19.1. The largest absolute Gasteiger partial charge is 0.324 e. The lowest BCUT2D eigenvalue weighted by Crippen LogP contribution is -2.38. The van der Waals surface area contributed by atoms with E-state index in [1.165, 1.54) is 0 Å². The summed E-state index contributed by atoms with van der Waals surface area (Å²) >= 11 is 0. The summed E-state index contributed by atoms with van der Waals surface area (Å²) in [7, 11) is 0. The summed E-state index contributed by atoms with van der Waals surface area (Å²) in [4.78, 5) is 25.7. The monoisotopic (exact) mass is 294 g/mol. The van der Waals surface area contributed by atoms with Crippen molar-refractivity contribution in [2.75, 3.05) is 6.54 Å². The number of carbonyl (C=O) groups is 2. The molecule has 2 aromatic rings. The first-order valence-electron chi connectivity index (χ1n) is 7.43. The average Bonchev–Trinajstić information content (AvgIpc) is 2.81. The van der Waals surface area contributed by atoms with Gasteiger partial charge in [0, 0.05) is 13.0 Å². The Balaban J connectivity index is 1.70. The van der Waals surface area contributed by atoms with Crippen LogP contribution in [0.1, 0.15) is 11.1 Å². The second-order valence-electron chi connectivity index (χ2n) is 5.43. The van der Waals surface area contributed by atoms with Gasteiger partial charge in [0.2, 0.25) is 0 Å². The second-order valence-corrected chi connectivity index (χ2v) is 5.43. The molecule has 4 heteroatoms. The Kier molecular flexibility index (Phi) is 4.19. The fourth-order valence-corrected chi connectivity index (χ4v) is 2.74. The number of nitrogens with zero attached hydrogens (tertiary/aromatic N) is 1. The predicted octanol–water partition coefficient (Wildman–Crippen LogP) is 2.39. The van der Waals surface area contributed by atoms with Crippen molar-refractivity contribution in [1.82, 2.24) is 10.2 Å². The summed E-state index contributed by atoms with van der Waals surface area (Å²) in [5, 5.41) is 2.42. The molecular weight excluding hydrogens is 276 g/mol. The van der Waals surface area contributed by atoms with Crippen LogP contribution >= 0.6 is 0 Å². The summed E-state index contributed by atoms with van der Waals surface area (Å²) < 4.78 is 0. The van der Waals surface area contributed by atoms with Crippen LogP contribution in [0.5, 0.6) is 0 Å². The molecule has 3 rings (SSSR count). The van der Waals surface area contributed by atoms with Crippen LogP contribution in [0, 0.1) is 0 Å². The molecule has 1 heterocycles. The number of urea groups is 1. The van der Waals surface area contributed by atoms with Crippen LogP contribution in [-0.4, -0.2) is 29.4 Å². The third-order valence-electron chi connectivity index (χ3n) is 3.93. The van der Waals surface area contributed by atoms with Crippen molar-refractivity contribution in [3.8, 4) is 0 Å². The molecule has 0 radical (unpaired) electrons. The van der Waals surface area contributed by atoms with Gasteiger partial charge < -0.3 is 4.90 Å². The Bertz CT molecular complexity index is 655. The quantitative estimate of drug-likeness (QED) is 0.861. The van der Waals surface area contributed by atoms with E-state index >= 15 is 0 Å². The van der Waals surface area contributed by atoms with Gasteiger partial charge in [-0.2, -0.15) is 0 Å². The second kappa shape index (κ2) is 6.43. The summed E-state index contributed by atoms with van der Waals surface area (Å²) in [6.45, 7) is 0.541. The van der Waals surface area contributed by atoms with Crippen molar-refractivity contribution < 1.29 is 9.59 Å². The first-order valence-corrected chi connectivity index (χ1v) is 7.43. The van der Waals surface area contributed by atoms with E-state index in [1.54, 1.807) is 4.90 Å². The molecule has 0 saturated carbocycles. The number of hydrogen-bond acceptors (Lipinski definition) is 2. The number of carbonyl (C=O) groups excluding carboxylic acids is 2. The SMILES string of the molecule is O=C1NC(=O)N(CCc2ccccc2)[C@@H]1Cc1ccccc1. The van der Waals surface area contributed by atoms with Gasteiger partial charge in [-0.3, -0.25) is 10.1 Å². The van der Waals surface area contributed by atoms with E-state index in [9.17, 15) is 9.59 Å². The van der Waals surface area contributed by atoms with E-state index in [1.807, 2.05) is 60.7 Å². The molecule has 0 aromatic heterocycles. The molecule has 112 valence electrons. The molecule has 3 amide bonds. The van der Waals surface area contributed by atoms with Gasteiger partial charge in [0.15, 0.2) is 0 Å². The molecule has 1 fully saturated rings. The topological polar surface area (TPSA) is 49.4 Å². The summed E-state index contributed by atoms with van der Waals surface area (Å²) in [5.41, 5.74) is 2.22. The van der Waals surface area contributed by atoms with Crippen LogP contribution in [0.15, 0.2) is 60.7 Å². The highest BCUT2D eigenvalue weighted by atomic mass is 16.2. The number of imide groups is 1. The summed E-state index contributed by atoms with van der Waals surface area (Å²) in [5.74, 6) is -0.207. The minimum absolute atomic E-state index is 0.207. The predicted molar refractivity (Wildman–Crippen MR) is 84.3 cm³/mol. The normalized spacial score (nSPS) is 17.6. The molecule has 0 unspecified atom stereocenters. The van der Waals surface area contributed by atoms with E-state index in [0.29, 0.717) is 13.0 Å². The molecule has 1 aliphatic heterocycles. The van der Waals surface area contributed by atoms with Gasteiger partial charge in [-0.1, -0.05) is 60.7 Å². The Hall–Kier alpha value is -2.62. The number of benzene rings is 2. The van der Waals surface area contributed by atoms with Gasteiger partial charge in [-0.25, -0.2) is 4.79 Å². The van der Waals surface area contributed by atoms with Crippen LogP contribution in [-0.2, 0) is 17.6 Å². The van der Waals surface area contributed by atoms with Crippen molar-refractivity contribution in [3.05, 3.63) is 71.8 Å².